The van der Waals surface area contributed by atoms with Crippen LogP contribution in [0, 0.1) is 0 Å². The monoisotopic (exact) mass is 285 g/mol. The van der Waals surface area contributed by atoms with Crippen LogP contribution in [-0.4, -0.2) is 31.9 Å². The Labute approximate surface area is 115 Å². The van der Waals surface area contributed by atoms with Gasteiger partial charge in [0.15, 0.2) is 0 Å². The Morgan fingerprint density at radius 2 is 1.58 bits per heavy atom. The second-order valence-corrected chi connectivity index (χ2v) is 6.05. The maximum absolute atomic E-state index is 10.3. The number of aryl methyl sites for hydroxylation is 1. The normalized spacial score (nSPS) is 11.6. The Balaban J connectivity index is 1.89. The summed E-state index contributed by atoms with van der Waals surface area (Å²) >= 11 is 0. The lowest BCUT2D eigenvalue weighted by Crippen LogP contribution is -2.06. The summed E-state index contributed by atoms with van der Waals surface area (Å²) in [7, 11) is -4.06. The molecule has 5 heteroatoms. The molecule has 0 heterocycles. The third-order valence-electron chi connectivity index (χ3n) is 2.78. The molecule has 0 bridgehead atoms. The largest absolute Gasteiger partial charge is 0.748 e. The molecule has 0 aromatic heterocycles. The van der Waals surface area contributed by atoms with E-state index in [0.717, 1.165) is 19.3 Å². The molecule has 4 nitrogen and oxygen atoms in total. The Hall–Kier alpha value is -0.910. The molecule has 0 N–H and O–H groups in total. The van der Waals surface area contributed by atoms with Crippen molar-refractivity contribution in [1.82, 2.24) is 0 Å². The smallest absolute Gasteiger partial charge is 0.0945 e. The first kappa shape index (κ1) is 16.1. The second kappa shape index (κ2) is 9.07. The van der Waals surface area contributed by atoms with Gasteiger partial charge in [-0.2, -0.15) is 0 Å². The molecule has 0 saturated heterocycles. The number of benzene rings is 1. The molecule has 0 amide bonds. The minimum absolute atomic E-state index is 0.287. The van der Waals surface area contributed by atoms with Gasteiger partial charge in [-0.1, -0.05) is 30.3 Å². The van der Waals surface area contributed by atoms with Crippen molar-refractivity contribution < 1.29 is 17.7 Å². The summed E-state index contributed by atoms with van der Waals surface area (Å²) in [5.74, 6) is -0.287. The van der Waals surface area contributed by atoms with Crippen LogP contribution in [0.3, 0.4) is 0 Å². The Kier molecular flexibility index (Phi) is 7.70. The van der Waals surface area contributed by atoms with E-state index in [2.05, 4.69) is 12.1 Å². The van der Waals surface area contributed by atoms with Gasteiger partial charge in [0, 0.05) is 19.0 Å². The van der Waals surface area contributed by atoms with Crippen molar-refractivity contribution in [2.24, 2.45) is 0 Å². The topological polar surface area (TPSA) is 66.4 Å². The quantitative estimate of drug-likeness (QED) is 0.489. The van der Waals surface area contributed by atoms with Crippen molar-refractivity contribution in [3.63, 3.8) is 0 Å². The number of rotatable bonds is 10. The molecular formula is C14H21O4S-. The zero-order chi connectivity index (χ0) is 14.0. The second-order valence-electron chi connectivity index (χ2n) is 4.52. The van der Waals surface area contributed by atoms with Crippen molar-refractivity contribution in [1.29, 1.82) is 0 Å². The average molecular weight is 285 g/mol. The van der Waals surface area contributed by atoms with Crippen LogP contribution in [0.25, 0.3) is 0 Å². The highest BCUT2D eigenvalue weighted by atomic mass is 32.2. The van der Waals surface area contributed by atoms with Crippen molar-refractivity contribution in [2.75, 3.05) is 19.0 Å². The zero-order valence-electron chi connectivity index (χ0n) is 11.1. The Morgan fingerprint density at radius 1 is 0.947 bits per heavy atom. The standard InChI is InChI=1S/C14H22O4S/c15-19(16,17)13-7-6-12-18-11-5-4-10-14-8-2-1-3-9-14/h1-3,8-9H,4-7,10-13H2,(H,15,16,17)/p-1. The number of ether oxygens (including phenoxy) is 1. The number of hydrogen-bond acceptors (Lipinski definition) is 4. The van der Waals surface area contributed by atoms with Crippen LogP contribution in [0.15, 0.2) is 30.3 Å². The minimum atomic E-state index is -4.06. The number of unbranched alkanes of at least 4 members (excludes halogenated alkanes) is 2. The number of hydrogen-bond donors (Lipinski definition) is 0. The zero-order valence-corrected chi connectivity index (χ0v) is 11.9. The van der Waals surface area contributed by atoms with Crippen molar-refractivity contribution in [2.45, 2.75) is 32.1 Å². The van der Waals surface area contributed by atoms with E-state index in [1.807, 2.05) is 18.2 Å². The molecule has 0 fully saturated rings. The Morgan fingerprint density at radius 3 is 2.21 bits per heavy atom. The molecule has 0 radical (unpaired) electrons. The minimum Gasteiger partial charge on any atom is -0.748 e. The van der Waals surface area contributed by atoms with Crippen molar-refractivity contribution in [3.8, 4) is 0 Å². The van der Waals surface area contributed by atoms with Crippen LogP contribution in [0.5, 0.6) is 0 Å². The third kappa shape index (κ3) is 9.64. The van der Waals surface area contributed by atoms with Gasteiger partial charge in [0.1, 0.15) is 0 Å². The van der Waals surface area contributed by atoms with Gasteiger partial charge >= 0.3 is 0 Å². The van der Waals surface area contributed by atoms with E-state index in [1.165, 1.54) is 5.56 Å². The predicted molar refractivity (Wildman–Crippen MR) is 74.0 cm³/mol. The molecule has 0 saturated carbocycles. The highest BCUT2D eigenvalue weighted by Crippen LogP contribution is 2.04. The van der Waals surface area contributed by atoms with Gasteiger partial charge in [-0.05, 0) is 37.7 Å². The first-order valence-corrected chi connectivity index (χ1v) is 8.21. The lowest BCUT2D eigenvalue weighted by atomic mass is 10.1. The van der Waals surface area contributed by atoms with Gasteiger partial charge in [-0.3, -0.25) is 0 Å². The molecule has 1 aromatic carbocycles. The third-order valence-corrected chi connectivity index (χ3v) is 3.57. The van der Waals surface area contributed by atoms with Crippen LogP contribution < -0.4 is 0 Å². The molecular weight excluding hydrogens is 264 g/mol. The Bertz CT molecular complexity index is 428. The van der Waals surface area contributed by atoms with Gasteiger partial charge in [-0.25, -0.2) is 8.42 Å². The summed E-state index contributed by atoms with van der Waals surface area (Å²) in [4.78, 5) is 0. The molecule has 1 rings (SSSR count). The summed E-state index contributed by atoms with van der Waals surface area (Å²) in [5.41, 5.74) is 1.34. The van der Waals surface area contributed by atoms with E-state index in [1.54, 1.807) is 0 Å². The maximum atomic E-state index is 10.3. The van der Waals surface area contributed by atoms with Crippen LogP contribution in [0.1, 0.15) is 31.2 Å². The van der Waals surface area contributed by atoms with E-state index >= 15 is 0 Å². The molecule has 0 atom stereocenters. The predicted octanol–water partition coefficient (Wildman–Crippen LogP) is 2.35. The fourth-order valence-corrected chi connectivity index (χ4v) is 2.32. The van der Waals surface area contributed by atoms with Gasteiger partial charge in [-0.15, -0.1) is 0 Å². The molecule has 108 valence electrons. The molecule has 1 aromatic rings. The van der Waals surface area contributed by atoms with Crippen LogP contribution in [0.2, 0.25) is 0 Å². The lowest BCUT2D eigenvalue weighted by Gasteiger charge is -2.07. The van der Waals surface area contributed by atoms with Crippen LogP contribution in [0.4, 0.5) is 0 Å². The highest BCUT2D eigenvalue weighted by Gasteiger charge is 1.96. The first-order chi connectivity index (χ1) is 9.08. The van der Waals surface area contributed by atoms with Crippen LogP contribution in [-0.2, 0) is 21.3 Å². The van der Waals surface area contributed by atoms with Crippen molar-refractivity contribution in [3.05, 3.63) is 35.9 Å². The van der Waals surface area contributed by atoms with E-state index in [-0.39, 0.29) is 5.75 Å². The van der Waals surface area contributed by atoms with Gasteiger partial charge < -0.3 is 9.29 Å². The molecule has 0 unspecified atom stereocenters. The van der Waals surface area contributed by atoms with E-state index < -0.39 is 10.1 Å². The van der Waals surface area contributed by atoms with Crippen LogP contribution >= 0.6 is 0 Å². The highest BCUT2D eigenvalue weighted by molar-refractivity contribution is 7.85. The summed E-state index contributed by atoms with van der Waals surface area (Å²) in [6, 6.07) is 10.3. The molecule has 0 aliphatic rings. The first-order valence-electron chi connectivity index (χ1n) is 6.63. The van der Waals surface area contributed by atoms with E-state index in [4.69, 9.17) is 4.74 Å². The lowest BCUT2D eigenvalue weighted by molar-refractivity contribution is 0.127. The summed E-state index contributed by atoms with van der Waals surface area (Å²) in [6.07, 6.45) is 4.14. The van der Waals surface area contributed by atoms with Gasteiger partial charge in [0.25, 0.3) is 0 Å². The molecule has 19 heavy (non-hydrogen) atoms. The molecule has 0 aliphatic heterocycles. The van der Waals surface area contributed by atoms with E-state index in [0.29, 0.717) is 26.1 Å². The molecule has 0 spiro atoms. The molecule has 0 aliphatic carbocycles. The van der Waals surface area contributed by atoms with Gasteiger partial charge in [0.05, 0.1) is 10.1 Å². The summed E-state index contributed by atoms with van der Waals surface area (Å²) in [5, 5.41) is 0. The summed E-state index contributed by atoms with van der Waals surface area (Å²) < 4.78 is 36.4. The fourth-order valence-electron chi connectivity index (χ4n) is 1.76. The average Bonchev–Trinajstić information content (AvgIpc) is 2.37. The maximum Gasteiger partial charge on any atom is 0.0945 e. The van der Waals surface area contributed by atoms with Crippen molar-refractivity contribution >= 4 is 10.1 Å². The fraction of sp³-hybridized carbons (Fsp3) is 0.571. The SMILES string of the molecule is O=S(=O)([O-])CCCCOCCCCc1ccccc1. The van der Waals surface area contributed by atoms with E-state index in [9.17, 15) is 13.0 Å². The van der Waals surface area contributed by atoms with Gasteiger partial charge in [0.2, 0.25) is 0 Å². The summed E-state index contributed by atoms with van der Waals surface area (Å²) in [6.45, 7) is 1.22.